The number of amides is 2. The van der Waals surface area contributed by atoms with Crippen LogP contribution in [0, 0.1) is 13.8 Å². The van der Waals surface area contributed by atoms with Gasteiger partial charge in [-0.2, -0.15) is 5.10 Å². The van der Waals surface area contributed by atoms with Crippen LogP contribution in [-0.4, -0.2) is 46.1 Å². The predicted octanol–water partition coefficient (Wildman–Crippen LogP) is 1.86. The Labute approximate surface area is 145 Å². The number of nitrogens with zero attached hydrogens (tertiary/aromatic N) is 3. The number of carboxylic acids is 1. The summed E-state index contributed by atoms with van der Waals surface area (Å²) >= 11 is 0. The summed E-state index contributed by atoms with van der Waals surface area (Å²) in [4.78, 5) is 37.7. The summed E-state index contributed by atoms with van der Waals surface area (Å²) in [6.45, 7) is 4.22. The van der Waals surface area contributed by atoms with Crippen molar-refractivity contribution in [3.63, 3.8) is 0 Å². The van der Waals surface area contributed by atoms with Gasteiger partial charge in [-0.1, -0.05) is 12.1 Å². The number of anilines is 1. The molecule has 1 atom stereocenters. The SMILES string of the molecule is Cc1ccc(C)c(N2N=C(C(=O)N3CCCC3C(=O)O)CCC2=O)c1. The van der Waals surface area contributed by atoms with Crippen LogP contribution in [0.5, 0.6) is 0 Å². The van der Waals surface area contributed by atoms with E-state index < -0.39 is 12.0 Å². The van der Waals surface area contributed by atoms with E-state index in [9.17, 15) is 19.5 Å². The molecule has 1 saturated heterocycles. The Morgan fingerprint density at radius 2 is 2.00 bits per heavy atom. The predicted molar refractivity (Wildman–Crippen MR) is 92.4 cm³/mol. The van der Waals surface area contributed by atoms with E-state index in [-0.39, 0.29) is 30.4 Å². The van der Waals surface area contributed by atoms with Crippen LogP contribution in [-0.2, 0) is 14.4 Å². The van der Waals surface area contributed by atoms with E-state index in [1.807, 2.05) is 32.0 Å². The first kappa shape index (κ1) is 17.1. The summed E-state index contributed by atoms with van der Waals surface area (Å²) in [5.74, 6) is -1.54. The molecule has 0 bridgehead atoms. The number of rotatable bonds is 3. The molecule has 132 valence electrons. The summed E-state index contributed by atoms with van der Waals surface area (Å²) in [5, 5.41) is 14.8. The molecule has 0 aromatic heterocycles. The minimum absolute atomic E-state index is 0.165. The highest BCUT2D eigenvalue weighted by molar-refractivity contribution is 6.40. The lowest BCUT2D eigenvalue weighted by molar-refractivity contribution is -0.146. The van der Waals surface area contributed by atoms with Crippen LogP contribution in [0.25, 0.3) is 0 Å². The van der Waals surface area contributed by atoms with Crippen molar-refractivity contribution < 1.29 is 19.5 Å². The number of benzene rings is 1. The summed E-state index contributed by atoms with van der Waals surface area (Å²) < 4.78 is 0. The Balaban J connectivity index is 1.92. The van der Waals surface area contributed by atoms with E-state index in [0.29, 0.717) is 25.1 Å². The van der Waals surface area contributed by atoms with Gasteiger partial charge < -0.3 is 10.0 Å². The van der Waals surface area contributed by atoms with Gasteiger partial charge in [0.05, 0.1) is 5.69 Å². The van der Waals surface area contributed by atoms with Crippen LogP contribution in [0.3, 0.4) is 0 Å². The van der Waals surface area contributed by atoms with E-state index in [2.05, 4.69) is 5.10 Å². The van der Waals surface area contributed by atoms with Crippen LogP contribution in [0.2, 0.25) is 0 Å². The molecule has 3 rings (SSSR count). The van der Waals surface area contributed by atoms with Crippen molar-refractivity contribution in [3.8, 4) is 0 Å². The van der Waals surface area contributed by atoms with E-state index in [1.165, 1.54) is 9.91 Å². The molecule has 0 radical (unpaired) electrons. The first-order chi connectivity index (χ1) is 11.9. The molecule has 1 fully saturated rings. The zero-order chi connectivity index (χ0) is 18.1. The number of carbonyl (C=O) groups is 3. The van der Waals surface area contributed by atoms with Crippen LogP contribution in [0.1, 0.15) is 36.8 Å². The fraction of sp³-hybridized carbons (Fsp3) is 0.444. The molecule has 2 heterocycles. The molecule has 2 aliphatic heterocycles. The van der Waals surface area contributed by atoms with Crippen molar-refractivity contribution in [2.45, 2.75) is 45.6 Å². The summed E-state index contributed by atoms with van der Waals surface area (Å²) in [5.41, 5.74) is 2.79. The molecule has 2 aliphatic rings. The number of hydrazone groups is 1. The maximum absolute atomic E-state index is 12.7. The number of likely N-dealkylation sites (tertiary alicyclic amines) is 1. The normalized spacial score (nSPS) is 20.6. The Morgan fingerprint density at radius 1 is 1.24 bits per heavy atom. The zero-order valence-corrected chi connectivity index (χ0v) is 14.4. The molecule has 1 aromatic rings. The Hall–Kier alpha value is -2.70. The third-order valence-corrected chi connectivity index (χ3v) is 4.67. The lowest BCUT2D eigenvalue weighted by atomic mass is 10.1. The summed E-state index contributed by atoms with van der Waals surface area (Å²) in [6, 6.07) is 4.91. The molecule has 0 spiro atoms. The lowest BCUT2D eigenvalue weighted by Gasteiger charge is -2.27. The van der Waals surface area contributed by atoms with Gasteiger partial charge in [0.15, 0.2) is 0 Å². The highest BCUT2D eigenvalue weighted by Gasteiger charge is 2.37. The number of hydrogen-bond donors (Lipinski definition) is 1. The fourth-order valence-corrected chi connectivity index (χ4v) is 3.28. The summed E-state index contributed by atoms with van der Waals surface area (Å²) in [7, 11) is 0. The van der Waals surface area contributed by atoms with Crippen molar-refractivity contribution in [1.82, 2.24) is 4.90 Å². The van der Waals surface area contributed by atoms with Crippen molar-refractivity contribution in [2.75, 3.05) is 11.6 Å². The van der Waals surface area contributed by atoms with Gasteiger partial charge in [-0.3, -0.25) is 9.59 Å². The fourth-order valence-electron chi connectivity index (χ4n) is 3.28. The maximum atomic E-state index is 12.7. The third-order valence-electron chi connectivity index (χ3n) is 4.67. The van der Waals surface area contributed by atoms with Crippen molar-refractivity contribution in [3.05, 3.63) is 29.3 Å². The van der Waals surface area contributed by atoms with Crippen LogP contribution >= 0.6 is 0 Å². The molecule has 1 aromatic carbocycles. The molecular formula is C18H21N3O4. The van der Waals surface area contributed by atoms with Gasteiger partial charge in [0.1, 0.15) is 11.8 Å². The van der Waals surface area contributed by atoms with Gasteiger partial charge in [0.2, 0.25) is 5.91 Å². The van der Waals surface area contributed by atoms with Gasteiger partial charge in [0, 0.05) is 19.4 Å². The average molecular weight is 343 g/mol. The first-order valence-corrected chi connectivity index (χ1v) is 8.40. The first-order valence-electron chi connectivity index (χ1n) is 8.40. The Bertz CT molecular complexity index is 772. The minimum Gasteiger partial charge on any atom is -0.480 e. The third kappa shape index (κ3) is 3.26. The van der Waals surface area contributed by atoms with Crippen LogP contribution in [0.15, 0.2) is 23.3 Å². The van der Waals surface area contributed by atoms with Crippen molar-refractivity contribution in [1.29, 1.82) is 0 Å². The topological polar surface area (TPSA) is 90.3 Å². The zero-order valence-electron chi connectivity index (χ0n) is 14.4. The van der Waals surface area contributed by atoms with Gasteiger partial charge in [0.25, 0.3) is 5.91 Å². The van der Waals surface area contributed by atoms with Gasteiger partial charge in [-0.25, -0.2) is 9.80 Å². The van der Waals surface area contributed by atoms with Crippen LogP contribution < -0.4 is 5.01 Å². The minimum atomic E-state index is -0.996. The molecule has 1 unspecified atom stereocenters. The standard InChI is InChI=1S/C18H21N3O4/c1-11-5-6-12(2)15(10-11)21-16(22)8-7-13(19-21)17(23)20-9-3-4-14(20)18(24)25/h5-6,10,14H,3-4,7-9H2,1-2H3,(H,24,25). The number of hydrogen-bond acceptors (Lipinski definition) is 4. The molecule has 2 amide bonds. The van der Waals surface area contributed by atoms with Crippen molar-refractivity contribution in [2.24, 2.45) is 5.10 Å². The van der Waals surface area contributed by atoms with Gasteiger partial charge in [-0.05, 0) is 43.9 Å². The molecule has 25 heavy (non-hydrogen) atoms. The van der Waals surface area contributed by atoms with E-state index in [4.69, 9.17) is 0 Å². The number of carbonyl (C=O) groups excluding carboxylic acids is 2. The highest BCUT2D eigenvalue weighted by atomic mass is 16.4. The molecule has 1 N–H and O–H groups in total. The summed E-state index contributed by atoms with van der Waals surface area (Å²) in [6.07, 6.45) is 1.54. The molecule has 7 nitrogen and oxygen atoms in total. The second-order valence-electron chi connectivity index (χ2n) is 6.54. The van der Waals surface area contributed by atoms with Gasteiger partial charge in [-0.15, -0.1) is 0 Å². The Morgan fingerprint density at radius 3 is 2.72 bits per heavy atom. The second-order valence-corrected chi connectivity index (χ2v) is 6.54. The largest absolute Gasteiger partial charge is 0.480 e. The monoisotopic (exact) mass is 343 g/mol. The van der Waals surface area contributed by atoms with Crippen molar-refractivity contribution >= 4 is 29.2 Å². The quantitative estimate of drug-likeness (QED) is 0.907. The Kier molecular flexibility index (Phi) is 4.57. The van der Waals surface area contributed by atoms with E-state index in [1.54, 1.807) is 0 Å². The number of aryl methyl sites for hydroxylation is 2. The highest BCUT2D eigenvalue weighted by Crippen LogP contribution is 2.26. The molecule has 0 aliphatic carbocycles. The second kappa shape index (κ2) is 6.66. The molecule has 0 saturated carbocycles. The average Bonchev–Trinajstić information content (AvgIpc) is 3.07. The molecular weight excluding hydrogens is 322 g/mol. The van der Waals surface area contributed by atoms with Gasteiger partial charge >= 0.3 is 5.97 Å². The van der Waals surface area contributed by atoms with E-state index >= 15 is 0 Å². The smallest absolute Gasteiger partial charge is 0.326 e. The van der Waals surface area contributed by atoms with Crippen LogP contribution in [0.4, 0.5) is 5.69 Å². The van der Waals surface area contributed by atoms with E-state index in [0.717, 1.165) is 11.1 Å². The maximum Gasteiger partial charge on any atom is 0.326 e. The lowest BCUT2D eigenvalue weighted by Crippen LogP contribution is -2.46. The number of aliphatic carboxylic acids is 1. The molecule has 7 heteroatoms. The number of carboxylic acid groups (broad SMARTS) is 1.